The van der Waals surface area contributed by atoms with Gasteiger partial charge >= 0.3 is 5.91 Å². The minimum Gasteiger partial charge on any atom is -0.493 e. The SMILES string of the molecule is CC(C)CC(C)COc1ccc2c(c1)C(N)=NC21OCCO1. The van der Waals surface area contributed by atoms with Crippen LogP contribution in [0.3, 0.4) is 0 Å². The van der Waals surface area contributed by atoms with Gasteiger partial charge in [0, 0.05) is 11.1 Å². The van der Waals surface area contributed by atoms with Crippen LogP contribution >= 0.6 is 0 Å². The summed E-state index contributed by atoms with van der Waals surface area (Å²) in [5.41, 5.74) is 7.74. The van der Waals surface area contributed by atoms with Gasteiger partial charge in [-0.1, -0.05) is 20.8 Å². The monoisotopic (exact) mass is 304 g/mol. The number of benzene rings is 1. The van der Waals surface area contributed by atoms with Gasteiger partial charge < -0.3 is 19.9 Å². The first-order chi connectivity index (χ1) is 10.5. The lowest BCUT2D eigenvalue weighted by Crippen LogP contribution is -2.22. The Hall–Kier alpha value is -1.59. The molecule has 1 aromatic carbocycles. The number of hydrogen-bond donors (Lipinski definition) is 1. The Labute approximate surface area is 131 Å². The number of ether oxygens (including phenoxy) is 3. The fourth-order valence-electron chi connectivity index (χ4n) is 3.11. The molecule has 120 valence electrons. The topological polar surface area (TPSA) is 66.1 Å². The minimum atomic E-state index is -1.02. The molecule has 5 heteroatoms. The van der Waals surface area contributed by atoms with E-state index >= 15 is 0 Å². The Balaban J connectivity index is 1.72. The van der Waals surface area contributed by atoms with Crippen LogP contribution in [0.1, 0.15) is 38.3 Å². The lowest BCUT2D eigenvalue weighted by Gasteiger charge is -2.20. The van der Waals surface area contributed by atoms with Crippen molar-refractivity contribution in [3.05, 3.63) is 29.3 Å². The Bertz CT molecular complexity index is 577. The molecule has 2 heterocycles. The highest BCUT2D eigenvalue weighted by Gasteiger charge is 2.45. The zero-order chi connectivity index (χ0) is 15.7. The van der Waals surface area contributed by atoms with E-state index in [2.05, 4.69) is 25.8 Å². The van der Waals surface area contributed by atoms with Gasteiger partial charge in [-0.2, -0.15) is 0 Å². The second-order valence-corrected chi connectivity index (χ2v) is 6.53. The van der Waals surface area contributed by atoms with Crippen LogP contribution in [0, 0.1) is 11.8 Å². The average molecular weight is 304 g/mol. The van der Waals surface area contributed by atoms with Crippen molar-refractivity contribution in [3.8, 4) is 5.75 Å². The van der Waals surface area contributed by atoms with E-state index in [1.165, 1.54) is 0 Å². The van der Waals surface area contributed by atoms with Crippen molar-refractivity contribution in [2.75, 3.05) is 19.8 Å². The van der Waals surface area contributed by atoms with Crippen molar-refractivity contribution in [1.82, 2.24) is 0 Å². The van der Waals surface area contributed by atoms with Crippen molar-refractivity contribution >= 4 is 5.84 Å². The number of rotatable bonds is 5. The highest BCUT2D eigenvalue weighted by Crippen LogP contribution is 2.40. The van der Waals surface area contributed by atoms with Crippen LogP contribution in [0.15, 0.2) is 23.2 Å². The molecule has 0 aromatic heterocycles. The summed E-state index contributed by atoms with van der Waals surface area (Å²) in [6, 6.07) is 5.80. The molecule has 0 bridgehead atoms. The molecule has 22 heavy (non-hydrogen) atoms. The number of hydrogen-bond acceptors (Lipinski definition) is 5. The first-order valence-electron chi connectivity index (χ1n) is 7.91. The van der Waals surface area contributed by atoms with E-state index in [0.29, 0.717) is 37.5 Å². The Morgan fingerprint density at radius 2 is 2.00 bits per heavy atom. The average Bonchev–Trinajstić information content (AvgIpc) is 3.03. The molecule has 2 aliphatic heterocycles. The maximum Gasteiger partial charge on any atom is 0.300 e. The van der Waals surface area contributed by atoms with Gasteiger partial charge in [-0.3, -0.25) is 0 Å². The molecule has 1 atom stereocenters. The highest BCUT2D eigenvalue weighted by atomic mass is 16.8. The standard InChI is InChI=1S/C17H24N2O3/c1-11(2)8-12(3)10-20-13-4-5-15-14(9-13)16(18)19-17(15)21-6-7-22-17/h4-5,9,11-12H,6-8,10H2,1-3H3,(H2,18,19). The van der Waals surface area contributed by atoms with Crippen molar-refractivity contribution in [3.63, 3.8) is 0 Å². The van der Waals surface area contributed by atoms with Crippen LogP contribution in [-0.2, 0) is 15.4 Å². The fraction of sp³-hybridized carbons (Fsp3) is 0.588. The summed E-state index contributed by atoms with van der Waals surface area (Å²) in [4.78, 5) is 4.36. The molecule has 1 fully saturated rings. The third kappa shape index (κ3) is 2.83. The van der Waals surface area contributed by atoms with E-state index in [1.54, 1.807) is 0 Å². The zero-order valence-corrected chi connectivity index (χ0v) is 13.5. The number of fused-ring (bicyclic) bond motifs is 2. The second kappa shape index (κ2) is 5.89. The highest BCUT2D eigenvalue weighted by molar-refractivity contribution is 6.02. The molecule has 3 rings (SSSR count). The van der Waals surface area contributed by atoms with Gasteiger partial charge in [-0.05, 0) is 36.5 Å². The van der Waals surface area contributed by atoms with Gasteiger partial charge in [-0.15, -0.1) is 0 Å². The summed E-state index contributed by atoms with van der Waals surface area (Å²) >= 11 is 0. The summed E-state index contributed by atoms with van der Waals surface area (Å²) < 4.78 is 17.2. The van der Waals surface area contributed by atoms with E-state index in [9.17, 15) is 0 Å². The summed E-state index contributed by atoms with van der Waals surface area (Å²) in [7, 11) is 0. The zero-order valence-electron chi connectivity index (χ0n) is 13.5. The Morgan fingerprint density at radius 1 is 1.27 bits per heavy atom. The van der Waals surface area contributed by atoms with Crippen LogP contribution in [-0.4, -0.2) is 25.7 Å². The third-order valence-corrected chi connectivity index (χ3v) is 3.96. The summed E-state index contributed by atoms with van der Waals surface area (Å²) in [6.07, 6.45) is 1.15. The molecular weight excluding hydrogens is 280 g/mol. The molecule has 1 aromatic rings. The Morgan fingerprint density at radius 3 is 2.68 bits per heavy atom. The first-order valence-corrected chi connectivity index (χ1v) is 7.91. The minimum absolute atomic E-state index is 0.442. The van der Waals surface area contributed by atoms with Crippen LogP contribution < -0.4 is 10.5 Å². The van der Waals surface area contributed by atoms with Crippen molar-refractivity contribution in [1.29, 1.82) is 0 Å². The fourth-order valence-corrected chi connectivity index (χ4v) is 3.11. The smallest absolute Gasteiger partial charge is 0.300 e. The number of amidine groups is 1. The third-order valence-electron chi connectivity index (χ3n) is 3.96. The number of nitrogens with two attached hydrogens (primary N) is 1. The van der Waals surface area contributed by atoms with Crippen molar-refractivity contribution in [2.24, 2.45) is 22.6 Å². The predicted octanol–water partition coefficient (Wildman–Crippen LogP) is 2.62. The van der Waals surface area contributed by atoms with E-state index in [-0.39, 0.29) is 0 Å². The molecular formula is C17H24N2O3. The number of nitrogens with zero attached hydrogens (tertiary/aromatic N) is 1. The van der Waals surface area contributed by atoms with Crippen LogP contribution in [0.4, 0.5) is 0 Å². The van der Waals surface area contributed by atoms with Crippen molar-refractivity contribution in [2.45, 2.75) is 33.1 Å². The van der Waals surface area contributed by atoms with Crippen molar-refractivity contribution < 1.29 is 14.2 Å². The largest absolute Gasteiger partial charge is 0.493 e. The maximum atomic E-state index is 6.03. The van der Waals surface area contributed by atoms with E-state index in [4.69, 9.17) is 19.9 Å². The predicted molar refractivity (Wildman–Crippen MR) is 84.9 cm³/mol. The Kier molecular flexibility index (Phi) is 4.10. The van der Waals surface area contributed by atoms with Crippen LogP contribution in [0.5, 0.6) is 5.75 Å². The molecule has 1 spiro atoms. The molecule has 2 aliphatic rings. The second-order valence-electron chi connectivity index (χ2n) is 6.53. The lowest BCUT2D eigenvalue weighted by atomic mass is 10.00. The molecule has 1 saturated heterocycles. The lowest BCUT2D eigenvalue weighted by molar-refractivity contribution is -0.155. The quantitative estimate of drug-likeness (QED) is 0.908. The van der Waals surface area contributed by atoms with E-state index in [0.717, 1.165) is 23.3 Å². The molecule has 0 radical (unpaired) electrons. The molecule has 0 amide bonds. The first kappa shape index (κ1) is 15.3. The van der Waals surface area contributed by atoms with Gasteiger partial charge in [0.05, 0.1) is 19.8 Å². The van der Waals surface area contributed by atoms with Crippen LogP contribution in [0.25, 0.3) is 0 Å². The van der Waals surface area contributed by atoms with Crippen LogP contribution in [0.2, 0.25) is 0 Å². The normalized spacial score (nSPS) is 20.3. The van der Waals surface area contributed by atoms with Gasteiger partial charge in [0.15, 0.2) is 0 Å². The number of aliphatic imine (C=N–C) groups is 1. The molecule has 0 aliphatic carbocycles. The van der Waals surface area contributed by atoms with E-state index < -0.39 is 5.91 Å². The van der Waals surface area contributed by atoms with Gasteiger partial charge in [-0.25, -0.2) is 4.99 Å². The van der Waals surface area contributed by atoms with Gasteiger partial charge in [0.25, 0.3) is 0 Å². The van der Waals surface area contributed by atoms with Gasteiger partial charge in [0.1, 0.15) is 11.6 Å². The summed E-state index contributed by atoms with van der Waals surface area (Å²) in [5, 5.41) is 0. The summed E-state index contributed by atoms with van der Waals surface area (Å²) in [5.74, 6) is 1.42. The molecule has 2 N–H and O–H groups in total. The van der Waals surface area contributed by atoms with E-state index in [1.807, 2.05) is 18.2 Å². The van der Waals surface area contributed by atoms with Gasteiger partial charge in [0.2, 0.25) is 0 Å². The molecule has 5 nitrogen and oxygen atoms in total. The molecule has 0 saturated carbocycles. The molecule has 1 unspecified atom stereocenters. The maximum absolute atomic E-state index is 6.03. The summed E-state index contributed by atoms with van der Waals surface area (Å²) in [6.45, 7) is 8.42.